The molecule has 0 bridgehead atoms. The Balaban J connectivity index is 1.54. The molecule has 6 heteroatoms. The van der Waals surface area contributed by atoms with Crippen molar-refractivity contribution in [3.05, 3.63) is 55.9 Å². The van der Waals surface area contributed by atoms with Gasteiger partial charge in [-0.15, -0.1) is 22.7 Å². The zero-order valence-electron chi connectivity index (χ0n) is 14.0. The first-order chi connectivity index (χ1) is 12.0. The highest BCUT2D eigenvalue weighted by molar-refractivity contribution is 7.16. The number of aromatic nitrogens is 2. The average Bonchev–Trinajstić information content (AvgIpc) is 3.15. The highest BCUT2D eigenvalue weighted by Crippen LogP contribution is 2.50. The van der Waals surface area contributed by atoms with E-state index >= 15 is 0 Å². The van der Waals surface area contributed by atoms with E-state index in [1.807, 2.05) is 43.5 Å². The van der Waals surface area contributed by atoms with E-state index in [2.05, 4.69) is 4.98 Å². The molecule has 3 aromatic rings. The Hall–Kier alpha value is -1.56. The summed E-state index contributed by atoms with van der Waals surface area (Å²) in [6, 6.07) is 7.68. The maximum Gasteiger partial charge on any atom is 0.150 e. The molecule has 1 fully saturated rings. The van der Waals surface area contributed by atoms with Crippen LogP contribution in [0.1, 0.15) is 34.1 Å². The van der Waals surface area contributed by atoms with E-state index in [0.29, 0.717) is 11.4 Å². The summed E-state index contributed by atoms with van der Waals surface area (Å²) in [4.78, 5) is 23.2. The first-order valence-corrected chi connectivity index (χ1v) is 10.2. The van der Waals surface area contributed by atoms with E-state index in [9.17, 15) is 4.79 Å². The molecule has 1 aliphatic carbocycles. The van der Waals surface area contributed by atoms with Gasteiger partial charge < -0.3 is 0 Å². The molecule has 0 spiro atoms. The fourth-order valence-electron chi connectivity index (χ4n) is 3.19. The molecule has 2 heterocycles. The van der Waals surface area contributed by atoms with Crippen LogP contribution in [0.2, 0.25) is 5.02 Å². The number of aryl methyl sites for hydroxylation is 2. The molecule has 0 saturated heterocycles. The summed E-state index contributed by atoms with van der Waals surface area (Å²) in [7, 11) is 0. The standard InChI is InChI=1S/C19H17ClN2OS2/c1-11-18(25-12(2)21-11)15-10-24-17(22-15)9-16(23)19(7-8-19)13-3-5-14(20)6-4-13/h3-6,10H,7-9H2,1-2H3. The third-order valence-corrected chi connectivity index (χ3v) is 6.88. The average molecular weight is 389 g/mol. The van der Waals surface area contributed by atoms with Crippen LogP contribution in [-0.2, 0) is 16.6 Å². The third-order valence-electron chi connectivity index (χ3n) is 4.68. The zero-order valence-corrected chi connectivity index (χ0v) is 16.4. The van der Waals surface area contributed by atoms with Gasteiger partial charge in [0.2, 0.25) is 0 Å². The first-order valence-electron chi connectivity index (χ1n) is 8.16. The Labute approximate surface area is 159 Å². The lowest BCUT2D eigenvalue weighted by Crippen LogP contribution is -2.22. The van der Waals surface area contributed by atoms with Crippen LogP contribution in [0.5, 0.6) is 0 Å². The van der Waals surface area contributed by atoms with Gasteiger partial charge in [0.1, 0.15) is 10.8 Å². The number of carbonyl (C=O) groups is 1. The molecule has 1 saturated carbocycles. The minimum absolute atomic E-state index is 0.257. The molecule has 0 amide bonds. The summed E-state index contributed by atoms with van der Waals surface area (Å²) in [5, 5.41) is 4.65. The van der Waals surface area contributed by atoms with E-state index < -0.39 is 0 Å². The number of hydrogen-bond acceptors (Lipinski definition) is 5. The second-order valence-corrected chi connectivity index (χ2v) is 9.05. The smallest absolute Gasteiger partial charge is 0.150 e. The maximum atomic E-state index is 12.9. The van der Waals surface area contributed by atoms with E-state index in [4.69, 9.17) is 16.6 Å². The van der Waals surface area contributed by atoms with Gasteiger partial charge in [-0.25, -0.2) is 9.97 Å². The predicted molar refractivity (Wildman–Crippen MR) is 104 cm³/mol. The van der Waals surface area contributed by atoms with Crippen molar-refractivity contribution in [2.75, 3.05) is 0 Å². The number of carbonyl (C=O) groups excluding carboxylic acids is 1. The number of Topliss-reactive ketones (excluding diaryl/α,β-unsaturated/α-hetero) is 1. The van der Waals surface area contributed by atoms with Gasteiger partial charge in [0.25, 0.3) is 0 Å². The highest BCUT2D eigenvalue weighted by atomic mass is 35.5. The fourth-order valence-corrected chi connectivity index (χ4v) is 5.06. The second kappa shape index (κ2) is 6.31. The van der Waals surface area contributed by atoms with Crippen molar-refractivity contribution in [3.8, 4) is 10.6 Å². The van der Waals surface area contributed by atoms with Crippen LogP contribution in [0, 0.1) is 13.8 Å². The lowest BCUT2D eigenvalue weighted by Gasteiger charge is -2.13. The van der Waals surface area contributed by atoms with Gasteiger partial charge in [0.15, 0.2) is 0 Å². The molecule has 3 nitrogen and oxygen atoms in total. The minimum atomic E-state index is -0.326. The number of thiazole rings is 2. The minimum Gasteiger partial charge on any atom is -0.298 e. The lowest BCUT2D eigenvalue weighted by atomic mass is 9.90. The quantitative estimate of drug-likeness (QED) is 0.589. The Kier molecular flexibility index (Phi) is 4.26. The Morgan fingerprint density at radius 3 is 2.52 bits per heavy atom. The van der Waals surface area contributed by atoms with Crippen LogP contribution < -0.4 is 0 Å². The molecule has 1 aromatic carbocycles. The molecule has 2 aromatic heterocycles. The van der Waals surface area contributed by atoms with Gasteiger partial charge in [-0.1, -0.05) is 23.7 Å². The Morgan fingerprint density at radius 2 is 1.92 bits per heavy atom. The summed E-state index contributed by atoms with van der Waals surface area (Å²) in [6.07, 6.45) is 2.22. The normalized spacial score (nSPS) is 15.3. The van der Waals surface area contributed by atoms with Gasteiger partial charge in [-0.2, -0.15) is 0 Å². The van der Waals surface area contributed by atoms with Crippen LogP contribution in [0.25, 0.3) is 10.6 Å². The number of hydrogen-bond donors (Lipinski definition) is 0. The zero-order chi connectivity index (χ0) is 17.6. The highest BCUT2D eigenvalue weighted by Gasteiger charge is 2.50. The molecule has 0 N–H and O–H groups in total. The largest absolute Gasteiger partial charge is 0.298 e. The van der Waals surface area contributed by atoms with Crippen molar-refractivity contribution in [1.29, 1.82) is 0 Å². The fraction of sp³-hybridized carbons (Fsp3) is 0.316. The van der Waals surface area contributed by atoms with E-state index in [0.717, 1.165) is 44.7 Å². The van der Waals surface area contributed by atoms with Crippen molar-refractivity contribution < 1.29 is 4.79 Å². The van der Waals surface area contributed by atoms with Crippen molar-refractivity contribution in [2.24, 2.45) is 0 Å². The molecule has 0 atom stereocenters. The topological polar surface area (TPSA) is 42.9 Å². The molecule has 1 aliphatic rings. The second-order valence-electron chi connectivity index (χ2n) is 6.46. The van der Waals surface area contributed by atoms with Crippen LogP contribution >= 0.6 is 34.3 Å². The molecule has 0 radical (unpaired) electrons. The summed E-state index contributed by atoms with van der Waals surface area (Å²) in [6.45, 7) is 4.00. The lowest BCUT2D eigenvalue weighted by molar-refractivity contribution is -0.120. The molecule has 0 unspecified atom stereocenters. The molecule has 25 heavy (non-hydrogen) atoms. The van der Waals surface area contributed by atoms with Gasteiger partial charge in [-0.05, 0) is 44.4 Å². The monoisotopic (exact) mass is 388 g/mol. The third kappa shape index (κ3) is 3.16. The predicted octanol–water partition coefficient (Wildman–Crippen LogP) is 5.38. The van der Waals surface area contributed by atoms with Crippen molar-refractivity contribution in [1.82, 2.24) is 9.97 Å². The number of halogens is 1. The number of nitrogens with zero attached hydrogens (tertiary/aromatic N) is 2. The van der Waals surface area contributed by atoms with Crippen molar-refractivity contribution >= 4 is 40.1 Å². The van der Waals surface area contributed by atoms with Crippen LogP contribution in [0.15, 0.2) is 29.6 Å². The summed E-state index contributed by atoms with van der Waals surface area (Å²) in [5.41, 5.74) is 2.69. The molecule has 4 rings (SSSR count). The summed E-state index contributed by atoms with van der Waals surface area (Å²) >= 11 is 9.18. The van der Waals surface area contributed by atoms with Gasteiger partial charge in [0.05, 0.1) is 33.1 Å². The Morgan fingerprint density at radius 1 is 1.20 bits per heavy atom. The SMILES string of the molecule is Cc1nc(C)c(-c2csc(CC(=O)C3(c4ccc(Cl)cc4)CC3)n2)s1. The first kappa shape index (κ1) is 16.9. The summed E-state index contributed by atoms with van der Waals surface area (Å²) < 4.78 is 0. The Bertz CT molecular complexity index is 939. The van der Waals surface area contributed by atoms with Gasteiger partial charge in [-0.3, -0.25) is 4.79 Å². The van der Waals surface area contributed by atoms with Crippen LogP contribution in [-0.4, -0.2) is 15.8 Å². The van der Waals surface area contributed by atoms with E-state index in [-0.39, 0.29) is 11.2 Å². The van der Waals surface area contributed by atoms with Gasteiger partial charge in [0, 0.05) is 10.4 Å². The number of ketones is 1. The number of benzene rings is 1. The van der Waals surface area contributed by atoms with Crippen LogP contribution in [0.4, 0.5) is 0 Å². The van der Waals surface area contributed by atoms with E-state index in [1.165, 1.54) is 0 Å². The van der Waals surface area contributed by atoms with Crippen molar-refractivity contribution in [2.45, 2.75) is 38.5 Å². The summed E-state index contributed by atoms with van der Waals surface area (Å²) in [5.74, 6) is 0.257. The van der Waals surface area contributed by atoms with Crippen molar-refractivity contribution in [3.63, 3.8) is 0 Å². The van der Waals surface area contributed by atoms with Gasteiger partial charge >= 0.3 is 0 Å². The number of rotatable bonds is 5. The molecule has 128 valence electrons. The molecular formula is C19H17ClN2OS2. The van der Waals surface area contributed by atoms with Crippen LogP contribution in [0.3, 0.4) is 0 Å². The maximum absolute atomic E-state index is 12.9. The van der Waals surface area contributed by atoms with E-state index in [1.54, 1.807) is 22.7 Å². The molecular weight excluding hydrogens is 372 g/mol. The molecule has 0 aliphatic heterocycles.